The SMILES string of the molecule is C[C@@H](c1ccc(F)cc1)C(O)NC1COc2ccccc2C1N1CCC(F)(F)C1. The maximum Gasteiger partial charge on any atom is 0.261 e. The number of likely N-dealkylation sites (tertiary alicyclic amines) is 1. The van der Waals surface area contributed by atoms with E-state index in [1.165, 1.54) is 12.1 Å². The molecule has 0 saturated carbocycles. The van der Waals surface area contributed by atoms with Crippen molar-refractivity contribution < 1.29 is 23.0 Å². The number of nitrogens with zero attached hydrogens (tertiary/aromatic N) is 1. The van der Waals surface area contributed by atoms with Crippen LogP contribution in [-0.4, -0.2) is 47.9 Å². The lowest BCUT2D eigenvalue weighted by Gasteiger charge is -2.41. The molecule has 4 rings (SSSR count). The van der Waals surface area contributed by atoms with E-state index >= 15 is 0 Å². The van der Waals surface area contributed by atoms with Crippen molar-refractivity contribution in [3.8, 4) is 5.75 Å². The van der Waals surface area contributed by atoms with Gasteiger partial charge in [0.2, 0.25) is 0 Å². The summed E-state index contributed by atoms with van der Waals surface area (Å²) in [5, 5.41) is 14.0. The monoisotopic (exact) mass is 406 g/mol. The van der Waals surface area contributed by atoms with Crippen molar-refractivity contribution in [1.82, 2.24) is 10.2 Å². The zero-order chi connectivity index (χ0) is 20.6. The minimum Gasteiger partial charge on any atom is -0.492 e. The van der Waals surface area contributed by atoms with Crippen LogP contribution in [0.1, 0.15) is 36.4 Å². The Morgan fingerprint density at radius 1 is 1.17 bits per heavy atom. The highest BCUT2D eigenvalue weighted by Gasteiger charge is 2.45. The molecule has 3 unspecified atom stereocenters. The fourth-order valence-corrected chi connectivity index (χ4v) is 4.25. The van der Waals surface area contributed by atoms with Crippen LogP contribution in [-0.2, 0) is 0 Å². The minimum absolute atomic E-state index is 0.173. The van der Waals surface area contributed by atoms with Gasteiger partial charge in [0.1, 0.15) is 24.4 Å². The van der Waals surface area contributed by atoms with Crippen molar-refractivity contribution in [3.05, 3.63) is 65.5 Å². The smallest absolute Gasteiger partial charge is 0.261 e. The first-order valence-corrected chi connectivity index (χ1v) is 9.87. The molecular weight excluding hydrogens is 381 g/mol. The second-order valence-electron chi connectivity index (χ2n) is 7.93. The largest absolute Gasteiger partial charge is 0.492 e. The molecule has 0 radical (unpaired) electrons. The minimum atomic E-state index is -2.71. The highest BCUT2D eigenvalue weighted by Crippen LogP contribution is 2.41. The lowest BCUT2D eigenvalue weighted by molar-refractivity contribution is -0.00345. The molecular formula is C22H25F3N2O2. The molecule has 1 saturated heterocycles. The zero-order valence-electron chi connectivity index (χ0n) is 16.2. The second-order valence-corrected chi connectivity index (χ2v) is 7.93. The molecule has 4 nitrogen and oxygen atoms in total. The van der Waals surface area contributed by atoms with Crippen molar-refractivity contribution in [1.29, 1.82) is 0 Å². The summed E-state index contributed by atoms with van der Waals surface area (Å²) in [5.41, 5.74) is 1.63. The lowest BCUT2D eigenvalue weighted by atomic mass is 9.93. The quantitative estimate of drug-likeness (QED) is 0.744. The molecule has 2 heterocycles. The van der Waals surface area contributed by atoms with E-state index in [1.807, 2.05) is 31.2 Å². The molecule has 0 spiro atoms. The Bertz CT molecular complexity index is 846. The number of benzene rings is 2. The Balaban J connectivity index is 1.55. The third kappa shape index (κ3) is 4.27. The predicted molar refractivity (Wildman–Crippen MR) is 104 cm³/mol. The predicted octanol–water partition coefficient (Wildman–Crippen LogP) is 3.68. The van der Waals surface area contributed by atoms with Gasteiger partial charge in [-0.15, -0.1) is 0 Å². The normalized spacial score (nSPS) is 25.8. The van der Waals surface area contributed by atoms with Crippen LogP contribution >= 0.6 is 0 Å². The summed E-state index contributed by atoms with van der Waals surface area (Å²) in [6.45, 7) is 2.07. The number of nitrogens with one attached hydrogen (secondary N) is 1. The standard InChI is InChI=1S/C22H25F3N2O2/c1-14(15-6-8-16(23)9-7-15)21(28)26-18-12-29-19-5-3-2-4-17(19)20(18)27-11-10-22(24,25)13-27/h2-9,14,18,20-21,26,28H,10-13H2,1H3/t14-,18?,20?,21?/m0/s1. The number of fused-ring (bicyclic) bond motifs is 1. The highest BCUT2D eigenvalue weighted by molar-refractivity contribution is 5.39. The molecule has 2 N–H and O–H groups in total. The highest BCUT2D eigenvalue weighted by atomic mass is 19.3. The molecule has 0 aromatic heterocycles. The van der Waals surface area contributed by atoms with Gasteiger partial charge >= 0.3 is 0 Å². The first kappa shape index (κ1) is 20.2. The summed E-state index contributed by atoms with van der Waals surface area (Å²) in [5.74, 6) is -2.67. The van der Waals surface area contributed by atoms with Crippen molar-refractivity contribution in [2.24, 2.45) is 0 Å². The second kappa shape index (κ2) is 7.97. The van der Waals surface area contributed by atoms with Gasteiger partial charge in [-0.2, -0.15) is 0 Å². The summed E-state index contributed by atoms with van der Waals surface area (Å²) in [7, 11) is 0. The number of hydrogen-bond acceptors (Lipinski definition) is 4. The number of alkyl halides is 2. The molecule has 156 valence electrons. The van der Waals surface area contributed by atoms with Crippen molar-refractivity contribution in [2.45, 2.75) is 43.5 Å². The van der Waals surface area contributed by atoms with Gasteiger partial charge in [-0.1, -0.05) is 37.3 Å². The van der Waals surface area contributed by atoms with Crippen molar-refractivity contribution in [3.63, 3.8) is 0 Å². The van der Waals surface area contributed by atoms with Gasteiger partial charge < -0.3 is 9.84 Å². The van der Waals surface area contributed by atoms with Gasteiger partial charge in [0, 0.05) is 24.4 Å². The van der Waals surface area contributed by atoms with E-state index in [1.54, 1.807) is 17.0 Å². The Kier molecular flexibility index (Phi) is 5.55. The maximum absolute atomic E-state index is 13.9. The number of halogens is 3. The van der Waals surface area contributed by atoms with E-state index in [0.717, 1.165) is 11.1 Å². The average molecular weight is 406 g/mol. The third-order valence-electron chi connectivity index (χ3n) is 5.88. The first-order chi connectivity index (χ1) is 13.8. The number of ether oxygens (including phenoxy) is 1. The molecule has 2 aliphatic heterocycles. The fourth-order valence-electron chi connectivity index (χ4n) is 4.25. The van der Waals surface area contributed by atoms with E-state index < -0.39 is 12.2 Å². The van der Waals surface area contributed by atoms with Crippen LogP contribution in [0.15, 0.2) is 48.5 Å². The number of aliphatic hydroxyl groups is 1. The van der Waals surface area contributed by atoms with Gasteiger partial charge in [0.05, 0.1) is 18.6 Å². The van der Waals surface area contributed by atoms with E-state index in [0.29, 0.717) is 5.75 Å². The Labute approximate surface area is 168 Å². The summed E-state index contributed by atoms with van der Waals surface area (Å²) in [6, 6.07) is 12.7. The zero-order valence-corrected chi connectivity index (χ0v) is 16.2. The molecule has 7 heteroatoms. The topological polar surface area (TPSA) is 44.7 Å². The maximum atomic E-state index is 13.9. The lowest BCUT2D eigenvalue weighted by Crippen LogP contribution is -2.53. The molecule has 0 amide bonds. The molecule has 2 aromatic rings. The van der Waals surface area contributed by atoms with Crippen LogP contribution in [0.25, 0.3) is 0 Å². The number of aliphatic hydroxyl groups excluding tert-OH is 1. The van der Waals surface area contributed by atoms with E-state index in [4.69, 9.17) is 4.74 Å². The van der Waals surface area contributed by atoms with Gasteiger partial charge in [0.25, 0.3) is 5.92 Å². The van der Waals surface area contributed by atoms with Crippen LogP contribution in [0.3, 0.4) is 0 Å². The Hall–Kier alpha value is -2.09. The molecule has 2 aromatic carbocycles. The van der Waals surface area contributed by atoms with E-state index in [-0.39, 0.29) is 49.9 Å². The Morgan fingerprint density at radius 2 is 1.90 bits per heavy atom. The van der Waals surface area contributed by atoms with E-state index in [9.17, 15) is 18.3 Å². The molecule has 4 atom stereocenters. The number of hydrogen-bond donors (Lipinski definition) is 2. The van der Waals surface area contributed by atoms with Crippen LogP contribution in [0.4, 0.5) is 13.2 Å². The molecule has 0 bridgehead atoms. The van der Waals surface area contributed by atoms with Gasteiger partial charge in [0.15, 0.2) is 0 Å². The number of para-hydroxylation sites is 1. The van der Waals surface area contributed by atoms with Crippen molar-refractivity contribution in [2.75, 3.05) is 19.7 Å². The number of rotatable bonds is 5. The van der Waals surface area contributed by atoms with Crippen molar-refractivity contribution >= 4 is 0 Å². The summed E-state index contributed by atoms with van der Waals surface area (Å²) in [6.07, 6.45) is -1.11. The van der Waals surface area contributed by atoms with Gasteiger partial charge in [-0.05, 0) is 23.8 Å². The third-order valence-corrected chi connectivity index (χ3v) is 5.88. The van der Waals surface area contributed by atoms with Gasteiger partial charge in [-0.3, -0.25) is 10.2 Å². The van der Waals surface area contributed by atoms with Crippen LogP contribution in [0.2, 0.25) is 0 Å². The van der Waals surface area contributed by atoms with E-state index in [2.05, 4.69) is 5.32 Å². The summed E-state index contributed by atoms with van der Waals surface area (Å²) >= 11 is 0. The molecule has 1 fully saturated rings. The molecule has 0 aliphatic carbocycles. The molecule has 29 heavy (non-hydrogen) atoms. The fraction of sp³-hybridized carbons (Fsp3) is 0.455. The van der Waals surface area contributed by atoms with Crippen LogP contribution < -0.4 is 10.1 Å². The molecule has 2 aliphatic rings. The summed E-state index contributed by atoms with van der Waals surface area (Å²) in [4.78, 5) is 1.77. The average Bonchev–Trinajstić information content (AvgIpc) is 3.07. The van der Waals surface area contributed by atoms with Gasteiger partial charge in [-0.25, -0.2) is 13.2 Å². The van der Waals surface area contributed by atoms with Crippen LogP contribution in [0.5, 0.6) is 5.75 Å². The Morgan fingerprint density at radius 3 is 2.59 bits per heavy atom. The first-order valence-electron chi connectivity index (χ1n) is 9.87. The van der Waals surface area contributed by atoms with Crippen LogP contribution in [0, 0.1) is 5.82 Å². The summed E-state index contributed by atoms with van der Waals surface area (Å²) < 4.78 is 46.9.